The van der Waals surface area contributed by atoms with Crippen LogP contribution in [0.25, 0.3) is 0 Å². The lowest BCUT2D eigenvalue weighted by Crippen LogP contribution is -2.40. The van der Waals surface area contributed by atoms with Gasteiger partial charge in [0, 0.05) is 26.8 Å². The molecule has 0 heterocycles. The first-order chi connectivity index (χ1) is 8.24. The van der Waals surface area contributed by atoms with Crippen molar-refractivity contribution in [2.45, 2.75) is 44.9 Å². The standard InChI is InChI=1S/C14H28N2O/c1-17-9-8-13(6-7-13)11-16-12-14(10-15)4-2-3-5-14/h16H,2-12,15H2,1H3. The lowest BCUT2D eigenvalue weighted by atomic mass is 9.86. The molecular formula is C14H28N2O. The zero-order chi connectivity index (χ0) is 12.2. The van der Waals surface area contributed by atoms with Crippen molar-refractivity contribution in [1.82, 2.24) is 5.32 Å². The number of ether oxygens (including phenoxy) is 1. The molecule has 0 spiro atoms. The molecule has 100 valence electrons. The molecule has 2 aliphatic rings. The van der Waals surface area contributed by atoms with E-state index in [-0.39, 0.29) is 0 Å². The first kappa shape index (κ1) is 13.3. The summed E-state index contributed by atoms with van der Waals surface area (Å²) in [6.07, 6.45) is 9.34. The zero-order valence-corrected chi connectivity index (χ0v) is 11.3. The van der Waals surface area contributed by atoms with Gasteiger partial charge in [0.15, 0.2) is 0 Å². The average molecular weight is 240 g/mol. The summed E-state index contributed by atoms with van der Waals surface area (Å²) in [6, 6.07) is 0. The smallest absolute Gasteiger partial charge is 0.0468 e. The summed E-state index contributed by atoms with van der Waals surface area (Å²) in [5.74, 6) is 0. The Morgan fingerprint density at radius 3 is 2.24 bits per heavy atom. The van der Waals surface area contributed by atoms with Crippen LogP contribution >= 0.6 is 0 Å². The van der Waals surface area contributed by atoms with Crippen LogP contribution in [-0.2, 0) is 4.74 Å². The van der Waals surface area contributed by atoms with Gasteiger partial charge in [-0.1, -0.05) is 12.8 Å². The molecule has 17 heavy (non-hydrogen) atoms. The highest BCUT2D eigenvalue weighted by Crippen LogP contribution is 2.48. The molecule has 0 amide bonds. The predicted molar refractivity (Wildman–Crippen MR) is 71.0 cm³/mol. The monoisotopic (exact) mass is 240 g/mol. The second kappa shape index (κ2) is 5.68. The van der Waals surface area contributed by atoms with Gasteiger partial charge < -0.3 is 15.8 Å². The molecule has 2 rings (SSSR count). The summed E-state index contributed by atoms with van der Waals surface area (Å²) in [4.78, 5) is 0. The van der Waals surface area contributed by atoms with Gasteiger partial charge in [-0.05, 0) is 49.5 Å². The van der Waals surface area contributed by atoms with Crippen LogP contribution in [0.1, 0.15) is 44.9 Å². The molecule has 3 heteroatoms. The van der Waals surface area contributed by atoms with Crippen molar-refractivity contribution < 1.29 is 4.74 Å². The number of nitrogens with two attached hydrogens (primary N) is 1. The summed E-state index contributed by atoms with van der Waals surface area (Å²) in [5, 5.41) is 3.70. The highest BCUT2D eigenvalue weighted by molar-refractivity contribution is 4.96. The minimum Gasteiger partial charge on any atom is -0.385 e. The quantitative estimate of drug-likeness (QED) is 0.681. The lowest BCUT2D eigenvalue weighted by Gasteiger charge is -2.28. The minimum atomic E-state index is 0.414. The van der Waals surface area contributed by atoms with Gasteiger partial charge in [0.2, 0.25) is 0 Å². The number of rotatable bonds is 8. The molecule has 3 N–H and O–H groups in total. The Morgan fingerprint density at radius 2 is 1.71 bits per heavy atom. The van der Waals surface area contributed by atoms with Crippen LogP contribution < -0.4 is 11.1 Å². The molecule has 0 unspecified atom stereocenters. The molecule has 0 aromatic rings. The third kappa shape index (κ3) is 3.43. The van der Waals surface area contributed by atoms with E-state index in [1.807, 2.05) is 0 Å². The Kier molecular flexibility index (Phi) is 4.45. The molecule has 2 fully saturated rings. The van der Waals surface area contributed by atoms with Crippen LogP contribution in [0.4, 0.5) is 0 Å². The van der Waals surface area contributed by atoms with Gasteiger partial charge in [0.05, 0.1) is 0 Å². The number of hydrogen-bond donors (Lipinski definition) is 2. The molecule has 0 aromatic carbocycles. The summed E-state index contributed by atoms with van der Waals surface area (Å²) in [7, 11) is 1.80. The largest absolute Gasteiger partial charge is 0.385 e. The van der Waals surface area contributed by atoms with E-state index in [2.05, 4.69) is 5.32 Å². The summed E-state index contributed by atoms with van der Waals surface area (Å²) >= 11 is 0. The molecule has 2 aliphatic carbocycles. The van der Waals surface area contributed by atoms with Gasteiger partial charge >= 0.3 is 0 Å². The Labute approximate surface area is 105 Å². The summed E-state index contributed by atoms with van der Waals surface area (Å²) < 4.78 is 5.19. The molecule has 0 saturated heterocycles. The van der Waals surface area contributed by atoms with E-state index in [0.29, 0.717) is 10.8 Å². The third-order valence-electron chi connectivity index (χ3n) is 4.89. The molecule has 3 nitrogen and oxygen atoms in total. The third-order valence-corrected chi connectivity index (χ3v) is 4.89. The van der Waals surface area contributed by atoms with E-state index in [0.717, 1.165) is 26.2 Å². The van der Waals surface area contributed by atoms with Crippen molar-refractivity contribution in [3.8, 4) is 0 Å². The van der Waals surface area contributed by atoms with Gasteiger partial charge in [-0.2, -0.15) is 0 Å². The summed E-state index contributed by atoms with van der Waals surface area (Å²) in [5.41, 5.74) is 6.93. The van der Waals surface area contributed by atoms with Crippen molar-refractivity contribution in [2.75, 3.05) is 33.4 Å². The zero-order valence-electron chi connectivity index (χ0n) is 11.3. The number of nitrogens with one attached hydrogen (secondary N) is 1. The maximum Gasteiger partial charge on any atom is 0.0468 e. The van der Waals surface area contributed by atoms with Crippen molar-refractivity contribution in [2.24, 2.45) is 16.6 Å². The fourth-order valence-corrected chi connectivity index (χ4v) is 3.18. The van der Waals surface area contributed by atoms with E-state index < -0.39 is 0 Å². The maximum absolute atomic E-state index is 5.95. The first-order valence-electron chi connectivity index (χ1n) is 7.14. The molecule has 0 atom stereocenters. The van der Waals surface area contributed by atoms with Crippen LogP contribution in [0.3, 0.4) is 0 Å². The van der Waals surface area contributed by atoms with E-state index in [4.69, 9.17) is 10.5 Å². The second-order valence-electron chi connectivity index (χ2n) is 6.26. The Bertz CT molecular complexity index is 232. The van der Waals surface area contributed by atoms with Crippen molar-refractivity contribution >= 4 is 0 Å². The van der Waals surface area contributed by atoms with Gasteiger partial charge in [0.1, 0.15) is 0 Å². The fraction of sp³-hybridized carbons (Fsp3) is 1.00. The highest BCUT2D eigenvalue weighted by Gasteiger charge is 2.42. The van der Waals surface area contributed by atoms with Crippen molar-refractivity contribution in [3.63, 3.8) is 0 Å². The maximum atomic E-state index is 5.95. The molecule has 0 aromatic heterocycles. The van der Waals surface area contributed by atoms with E-state index in [1.165, 1.54) is 44.9 Å². The number of hydrogen-bond acceptors (Lipinski definition) is 3. The topological polar surface area (TPSA) is 47.3 Å². The van der Waals surface area contributed by atoms with E-state index in [9.17, 15) is 0 Å². The summed E-state index contributed by atoms with van der Waals surface area (Å²) in [6.45, 7) is 4.05. The fourth-order valence-electron chi connectivity index (χ4n) is 3.18. The van der Waals surface area contributed by atoms with Crippen LogP contribution in [-0.4, -0.2) is 33.4 Å². The van der Waals surface area contributed by atoms with Crippen molar-refractivity contribution in [3.05, 3.63) is 0 Å². The molecule has 2 saturated carbocycles. The van der Waals surface area contributed by atoms with Crippen LogP contribution in [0.2, 0.25) is 0 Å². The van der Waals surface area contributed by atoms with Crippen LogP contribution in [0.15, 0.2) is 0 Å². The Hall–Kier alpha value is -0.120. The van der Waals surface area contributed by atoms with E-state index >= 15 is 0 Å². The second-order valence-corrected chi connectivity index (χ2v) is 6.26. The molecular weight excluding hydrogens is 212 g/mol. The van der Waals surface area contributed by atoms with Gasteiger partial charge in [-0.25, -0.2) is 0 Å². The average Bonchev–Trinajstić information content (AvgIpc) is 2.96. The van der Waals surface area contributed by atoms with Crippen LogP contribution in [0, 0.1) is 10.8 Å². The Morgan fingerprint density at radius 1 is 1.06 bits per heavy atom. The molecule has 0 radical (unpaired) electrons. The van der Waals surface area contributed by atoms with E-state index in [1.54, 1.807) is 7.11 Å². The minimum absolute atomic E-state index is 0.414. The van der Waals surface area contributed by atoms with Crippen LogP contribution in [0.5, 0.6) is 0 Å². The van der Waals surface area contributed by atoms with Gasteiger partial charge in [0.25, 0.3) is 0 Å². The molecule has 0 bridgehead atoms. The first-order valence-corrected chi connectivity index (χ1v) is 7.14. The van der Waals surface area contributed by atoms with Gasteiger partial charge in [-0.3, -0.25) is 0 Å². The van der Waals surface area contributed by atoms with Gasteiger partial charge in [-0.15, -0.1) is 0 Å². The number of methoxy groups -OCH3 is 1. The lowest BCUT2D eigenvalue weighted by molar-refractivity contribution is 0.169. The highest BCUT2D eigenvalue weighted by atomic mass is 16.5. The normalized spacial score (nSPS) is 25.1. The predicted octanol–water partition coefficient (Wildman–Crippen LogP) is 1.91. The van der Waals surface area contributed by atoms with Crippen molar-refractivity contribution in [1.29, 1.82) is 0 Å². The molecule has 0 aliphatic heterocycles. The SMILES string of the molecule is COCCC1(CNCC2(CN)CCCC2)CC1. The Balaban J connectivity index is 1.68.